The van der Waals surface area contributed by atoms with Crippen molar-refractivity contribution in [3.05, 3.63) is 42.0 Å². The van der Waals surface area contributed by atoms with Crippen LogP contribution >= 0.6 is 0 Å². The molecule has 0 unspecified atom stereocenters. The van der Waals surface area contributed by atoms with Crippen LogP contribution in [0.2, 0.25) is 0 Å². The molecule has 1 nitrogen and oxygen atoms in total. The predicted octanol–water partition coefficient (Wildman–Crippen LogP) is 2.75. The zero-order valence-electron chi connectivity index (χ0n) is 6.62. The first kappa shape index (κ1) is 7.73. The average molecular weight is 145 g/mol. The van der Waals surface area contributed by atoms with Gasteiger partial charge < -0.3 is 0 Å². The summed E-state index contributed by atoms with van der Waals surface area (Å²) < 4.78 is 0. The van der Waals surface area contributed by atoms with E-state index in [0.29, 0.717) is 0 Å². The molecule has 1 heteroatoms. The van der Waals surface area contributed by atoms with Crippen molar-refractivity contribution in [2.75, 3.05) is 0 Å². The molecule has 0 aliphatic carbocycles. The highest BCUT2D eigenvalue weighted by atomic mass is 14.7. The fraction of sp³-hybridized carbons (Fsp3) is 0.100. The van der Waals surface area contributed by atoms with Crippen LogP contribution in [0.1, 0.15) is 12.5 Å². The molecule has 0 spiro atoms. The van der Waals surface area contributed by atoms with Crippen molar-refractivity contribution in [2.45, 2.75) is 6.92 Å². The highest BCUT2D eigenvalue weighted by Gasteiger charge is 1.92. The molecule has 1 aromatic carbocycles. The van der Waals surface area contributed by atoms with Gasteiger partial charge in [0, 0.05) is 0 Å². The fourth-order valence-electron chi connectivity index (χ4n) is 0.958. The van der Waals surface area contributed by atoms with Gasteiger partial charge in [-0.25, -0.2) is 0 Å². The van der Waals surface area contributed by atoms with Gasteiger partial charge in [0.15, 0.2) is 0 Å². The number of allylic oxidation sites excluding steroid dienone is 1. The van der Waals surface area contributed by atoms with Gasteiger partial charge in [-0.3, -0.25) is 4.99 Å². The van der Waals surface area contributed by atoms with Crippen molar-refractivity contribution < 1.29 is 0 Å². The molecule has 11 heavy (non-hydrogen) atoms. The summed E-state index contributed by atoms with van der Waals surface area (Å²) in [5, 5.41) is 0. The van der Waals surface area contributed by atoms with Crippen LogP contribution in [0.15, 0.2) is 41.4 Å². The third-order valence-electron chi connectivity index (χ3n) is 1.51. The van der Waals surface area contributed by atoms with E-state index in [2.05, 4.69) is 11.7 Å². The summed E-state index contributed by atoms with van der Waals surface area (Å²) >= 11 is 0. The molecular weight excluding hydrogens is 134 g/mol. The quantitative estimate of drug-likeness (QED) is 0.567. The van der Waals surface area contributed by atoms with Crippen molar-refractivity contribution in [2.24, 2.45) is 4.99 Å². The molecule has 0 saturated carbocycles. The van der Waals surface area contributed by atoms with Gasteiger partial charge in [-0.1, -0.05) is 36.4 Å². The number of hydrogen-bond acceptors (Lipinski definition) is 1. The maximum absolute atomic E-state index is 3.89. The molecule has 0 radical (unpaired) electrons. The molecule has 1 aromatic rings. The Hall–Kier alpha value is -1.37. The Morgan fingerprint density at radius 1 is 1.36 bits per heavy atom. The molecule has 0 aromatic heterocycles. The van der Waals surface area contributed by atoms with E-state index in [9.17, 15) is 0 Å². The normalized spacial score (nSPS) is 11.2. The van der Waals surface area contributed by atoms with Crippen LogP contribution in [0.3, 0.4) is 0 Å². The smallest absolute Gasteiger partial charge is 0.0652 e. The Bertz CT molecular complexity index is 259. The molecule has 0 saturated heterocycles. The van der Waals surface area contributed by atoms with Crippen LogP contribution in [-0.4, -0.2) is 6.72 Å². The van der Waals surface area contributed by atoms with Crippen molar-refractivity contribution in [3.8, 4) is 0 Å². The third kappa shape index (κ3) is 1.77. The first-order valence-electron chi connectivity index (χ1n) is 3.57. The van der Waals surface area contributed by atoms with Gasteiger partial charge in [-0.2, -0.15) is 0 Å². The fourth-order valence-corrected chi connectivity index (χ4v) is 0.958. The van der Waals surface area contributed by atoms with E-state index in [1.807, 2.05) is 43.3 Å². The van der Waals surface area contributed by atoms with E-state index < -0.39 is 0 Å². The predicted molar refractivity (Wildman–Crippen MR) is 49.6 cm³/mol. The van der Waals surface area contributed by atoms with Gasteiger partial charge in [-0.15, -0.1) is 0 Å². The molecule has 0 amide bonds. The molecule has 1 rings (SSSR count). The molecular formula is C10H11N. The first-order chi connectivity index (χ1) is 5.38. The SMILES string of the molecule is C=N/C(=C\C)c1ccccc1. The van der Waals surface area contributed by atoms with Crippen LogP contribution in [0.25, 0.3) is 5.70 Å². The lowest BCUT2D eigenvalue weighted by molar-refractivity contribution is 1.50. The second-order valence-electron chi connectivity index (χ2n) is 2.20. The van der Waals surface area contributed by atoms with Crippen LogP contribution < -0.4 is 0 Å². The van der Waals surface area contributed by atoms with Crippen LogP contribution in [0.4, 0.5) is 0 Å². The summed E-state index contributed by atoms with van der Waals surface area (Å²) in [5.74, 6) is 0. The minimum atomic E-state index is 0.936. The Balaban J connectivity index is 3.01. The summed E-state index contributed by atoms with van der Waals surface area (Å²) in [6.07, 6.45) is 1.95. The van der Waals surface area contributed by atoms with Gasteiger partial charge in [0.25, 0.3) is 0 Å². The zero-order chi connectivity index (χ0) is 8.10. The summed E-state index contributed by atoms with van der Waals surface area (Å²) in [6, 6.07) is 10.0. The Morgan fingerprint density at radius 3 is 2.45 bits per heavy atom. The van der Waals surface area contributed by atoms with Crippen LogP contribution in [0.5, 0.6) is 0 Å². The van der Waals surface area contributed by atoms with Crippen LogP contribution in [0, 0.1) is 0 Å². The second-order valence-corrected chi connectivity index (χ2v) is 2.20. The number of benzene rings is 1. The molecule has 0 N–H and O–H groups in total. The minimum Gasteiger partial charge on any atom is -0.264 e. The summed E-state index contributed by atoms with van der Waals surface area (Å²) in [6.45, 7) is 5.45. The Kier molecular flexibility index (Phi) is 2.61. The molecule has 0 heterocycles. The van der Waals surface area contributed by atoms with E-state index >= 15 is 0 Å². The monoisotopic (exact) mass is 145 g/mol. The largest absolute Gasteiger partial charge is 0.264 e. The molecule has 0 bridgehead atoms. The lowest BCUT2D eigenvalue weighted by Gasteiger charge is -1.97. The molecule has 0 atom stereocenters. The minimum absolute atomic E-state index is 0.936. The van der Waals surface area contributed by atoms with Crippen LogP contribution in [-0.2, 0) is 0 Å². The number of aliphatic imine (C=N–C) groups is 1. The Labute approximate surface area is 67.1 Å². The number of nitrogens with zero attached hydrogens (tertiary/aromatic N) is 1. The summed E-state index contributed by atoms with van der Waals surface area (Å²) in [5.41, 5.74) is 2.05. The summed E-state index contributed by atoms with van der Waals surface area (Å²) in [4.78, 5) is 3.89. The van der Waals surface area contributed by atoms with Crippen molar-refractivity contribution in [1.82, 2.24) is 0 Å². The van der Waals surface area contributed by atoms with Gasteiger partial charge in [-0.05, 0) is 19.2 Å². The number of rotatable bonds is 2. The lowest BCUT2D eigenvalue weighted by atomic mass is 10.1. The molecule has 0 aliphatic rings. The molecule has 56 valence electrons. The first-order valence-corrected chi connectivity index (χ1v) is 3.57. The molecule has 0 fully saturated rings. The van der Waals surface area contributed by atoms with Crippen molar-refractivity contribution >= 4 is 12.4 Å². The molecule has 0 aliphatic heterocycles. The van der Waals surface area contributed by atoms with Crippen molar-refractivity contribution in [1.29, 1.82) is 0 Å². The van der Waals surface area contributed by atoms with Gasteiger partial charge in [0.1, 0.15) is 0 Å². The van der Waals surface area contributed by atoms with Gasteiger partial charge in [0.05, 0.1) is 5.70 Å². The Morgan fingerprint density at radius 2 is 2.00 bits per heavy atom. The topological polar surface area (TPSA) is 12.4 Å². The maximum Gasteiger partial charge on any atom is 0.0652 e. The number of hydrogen-bond donors (Lipinski definition) is 0. The third-order valence-corrected chi connectivity index (χ3v) is 1.51. The summed E-state index contributed by atoms with van der Waals surface area (Å²) in [7, 11) is 0. The van der Waals surface area contributed by atoms with E-state index in [1.165, 1.54) is 0 Å². The lowest BCUT2D eigenvalue weighted by Crippen LogP contribution is -1.77. The van der Waals surface area contributed by atoms with E-state index in [-0.39, 0.29) is 0 Å². The van der Waals surface area contributed by atoms with Gasteiger partial charge >= 0.3 is 0 Å². The van der Waals surface area contributed by atoms with E-state index in [0.717, 1.165) is 11.3 Å². The van der Waals surface area contributed by atoms with Crippen molar-refractivity contribution in [3.63, 3.8) is 0 Å². The maximum atomic E-state index is 3.89. The van der Waals surface area contributed by atoms with Gasteiger partial charge in [0.2, 0.25) is 0 Å². The average Bonchev–Trinajstić information content (AvgIpc) is 2.09. The van der Waals surface area contributed by atoms with E-state index in [1.54, 1.807) is 0 Å². The standard InChI is InChI=1S/C10H11N/c1-3-10(11-2)9-7-5-4-6-8-9/h3-8H,2H2,1H3/b10-3-. The highest BCUT2D eigenvalue weighted by Crippen LogP contribution is 2.13. The highest BCUT2D eigenvalue weighted by molar-refractivity contribution is 5.67. The second kappa shape index (κ2) is 3.71. The van der Waals surface area contributed by atoms with E-state index in [4.69, 9.17) is 0 Å². The zero-order valence-corrected chi connectivity index (χ0v) is 6.62.